The topological polar surface area (TPSA) is 17.1 Å². The Morgan fingerprint density at radius 3 is 2.56 bits per heavy atom. The van der Waals surface area contributed by atoms with Crippen molar-refractivity contribution in [2.75, 3.05) is 0 Å². The fourth-order valence-corrected chi connectivity index (χ4v) is 2.19. The molecule has 0 fully saturated rings. The normalized spacial score (nSPS) is 19.4. The molecule has 0 heterocycles. The zero-order valence-electron chi connectivity index (χ0n) is 9.99. The fraction of sp³-hybridized carbons (Fsp3) is 0.400. The molecule has 1 aromatic rings. The molecule has 84 valence electrons. The smallest absolute Gasteiger partial charge is 0.158 e. The first-order valence-corrected chi connectivity index (χ1v) is 5.86. The van der Waals surface area contributed by atoms with Crippen molar-refractivity contribution in [3.8, 4) is 0 Å². The standard InChI is InChI=1S/C15H18O/c1-15(2)9-8-14(16)13(11-15)10-12-6-4-3-5-7-12/h3-7,11H,8-10H2,1-2H3. The zero-order chi connectivity index (χ0) is 11.6. The van der Waals surface area contributed by atoms with Gasteiger partial charge in [-0.25, -0.2) is 0 Å². The molecule has 0 saturated heterocycles. The fourth-order valence-electron chi connectivity index (χ4n) is 2.19. The van der Waals surface area contributed by atoms with Crippen LogP contribution in [0.15, 0.2) is 42.0 Å². The van der Waals surface area contributed by atoms with Gasteiger partial charge in [-0.3, -0.25) is 4.79 Å². The molecule has 0 atom stereocenters. The van der Waals surface area contributed by atoms with E-state index in [0.717, 1.165) is 18.4 Å². The van der Waals surface area contributed by atoms with Crippen LogP contribution < -0.4 is 0 Å². The molecule has 1 heteroatoms. The number of hydrogen-bond donors (Lipinski definition) is 0. The molecule has 0 unspecified atom stereocenters. The van der Waals surface area contributed by atoms with Crippen molar-refractivity contribution in [1.29, 1.82) is 0 Å². The molecule has 0 aromatic heterocycles. The maximum atomic E-state index is 11.8. The van der Waals surface area contributed by atoms with Crippen molar-refractivity contribution in [3.63, 3.8) is 0 Å². The molecule has 0 bridgehead atoms. The molecule has 0 amide bonds. The Kier molecular flexibility index (Phi) is 2.95. The summed E-state index contributed by atoms with van der Waals surface area (Å²) in [7, 11) is 0. The lowest BCUT2D eigenvalue weighted by molar-refractivity contribution is -0.116. The van der Waals surface area contributed by atoms with E-state index in [-0.39, 0.29) is 5.41 Å². The van der Waals surface area contributed by atoms with Crippen molar-refractivity contribution in [3.05, 3.63) is 47.5 Å². The van der Waals surface area contributed by atoms with Gasteiger partial charge >= 0.3 is 0 Å². The van der Waals surface area contributed by atoms with Crippen LogP contribution in [0.1, 0.15) is 32.3 Å². The lowest BCUT2D eigenvalue weighted by Crippen LogP contribution is -2.20. The molecule has 0 N–H and O–H groups in total. The van der Waals surface area contributed by atoms with Crippen LogP contribution >= 0.6 is 0 Å². The van der Waals surface area contributed by atoms with E-state index in [1.54, 1.807) is 0 Å². The van der Waals surface area contributed by atoms with Gasteiger partial charge in [0.15, 0.2) is 5.78 Å². The van der Waals surface area contributed by atoms with E-state index in [4.69, 9.17) is 0 Å². The van der Waals surface area contributed by atoms with Crippen molar-refractivity contribution < 1.29 is 4.79 Å². The van der Waals surface area contributed by atoms with Gasteiger partial charge in [0.05, 0.1) is 0 Å². The zero-order valence-corrected chi connectivity index (χ0v) is 9.99. The van der Waals surface area contributed by atoms with E-state index in [1.807, 2.05) is 18.2 Å². The highest BCUT2D eigenvalue weighted by Crippen LogP contribution is 2.32. The number of carbonyl (C=O) groups excluding carboxylic acids is 1. The Bertz CT molecular complexity index is 412. The molecule has 0 saturated carbocycles. The summed E-state index contributed by atoms with van der Waals surface area (Å²) in [4.78, 5) is 11.8. The van der Waals surface area contributed by atoms with Crippen LogP contribution in [-0.4, -0.2) is 5.78 Å². The Morgan fingerprint density at radius 1 is 1.19 bits per heavy atom. The summed E-state index contributed by atoms with van der Waals surface area (Å²) in [6.07, 6.45) is 4.62. The predicted molar refractivity (Wildman–Crippen MR) is 66.3 cm³/mol. The monoisotopic (exact) mass is 214 g/mol. The van der Waals surface area contributed by atoms with Gasteiger partial charge in [-0.15, -0.1) is 0 Å². The van der Waals surface area contributed by atoms with Gasteiger partial charge in [0.1, 0.15) is 0 Å². The van der Waals surface area contributed by atoms with Crippen LogP contribution in [0.4, 0.5) is 0 Å². The molecule has 2 rings (SSSR count). The molecule has 1 aliphatic carbocycles. The van der Waals surface area contributed by atoms with Gasteiger partial charge in [0.25, 0.3) is 0 Å². The summed E-state index contributed by atoms with van der Waals surface area (Å²) in [5, 5.41) is 0. The number of rotatable bonds is 2. The van der Waals surface area contributed by atoms with Crippen LogP contribution in [0.3, 0.4) is 0 Å². The minimum Gasteiger partial charge on any atom is -0.295 e. The van der Waals surface area contributed by atoms with E-state index < -0.39 is 0 Å². The van der Waals surface area contributed by atoms with Crippen LogP contribution in [0.25, 0.3) is 0 Å². The summed E-state index contributed by atoms with van der Waals surface area (Å²) in [5.74, 6) is 0.322. The van der Waals surface area contributed by atoms with Crippen molar-refractivity contribution in [2.24, 2.45) is 5.41 Å². The summed E-state index contributed by atoms with van der Waals surface area (Å²) >= 11 is 0. The van der Waals surface area contributed by atoms with Crippen LogP contribution in [0.5, 0.6) is 0 Å². The predicted octanol–water partition coefficient (Wildman–Crippen LogP) is 3.54. The SMILES string of the molecule is CC1(C)C=C(Cc2ccccc2)C(=O)CC1. The average molecular weight is 214 g/mol. The van der Waals surface area contributed by atoms with E-state index in [2.05, 4.69) is 32.1 Å². The maximum Gasteiger partial charge on any atom is 0.158 e. The van der Waals surface area contributed by atoms with Crippen molar-refractivity contribution in [2.45, 2.75) is 33.1 Å². The van der Waals surface area contributed by atoms with Gasteiger partial charge in [-0.2, -0.15) is 0 Å². The number of hydrogen-bond acceptors (Lipinski definition) is 1. The number of Topliss-reactive ketones (excluding diaryl/α,β-unsaturated/α-hetero) is 1. The van der Waals surface area contributed by atoms with Gasteiger partial charge < -0.3 is 0 Å². The molecule has 1 nitrogen and oxygen atoms in total. The second kappa shape index (κ2) is 4.25. The van der Waals surface area contributed by atoms with Crippen LogP contribution in [0, 0.1) is 5.41 Å². The number of ketones is 1. The minimum atomic E-state index is 0.179. The maximum absolute atomic E-state index is 11.8. The lowest BCUT2D eigenvalue weighted by atomic mass is 9.78. The number of allylic oxidation sites excluding steroid dienone is 2. The Balaban J connectivity index is 2.20. The summed E-state index contributed by atoms with van der Waals surface area (Å²) < 4.78 is 0. The third kappa shape index (κ3) is 2.60. The third-order valence-electron chi connectivity index (χ3n) is 3.16. The Labute approximate surface area is 97.2 Å². The summed E-state index contributed by atoms with van der Waals surface area (Å²) in [6, 6.07) is 10.2. The number of benzene rings is 1. The molecule has 0 radical (unpaired) electrons. The third-order valence-corrected chi connectivity index (χ3v) is 3.16. The first kappa shape index (κ1) is 11.1. The highest BCUT2D eigenvalue weighted by atomic mass is 16.1. The molecular formula is C15H18O. The van der Waals surface area contributed by atoms with E-state index in [9.17, 15) is 4.79 Å². The number of carbonyl (C=O) groups is 1. The second-order valence-corrected chi connectivity index (χ2v) is 5.24. The van der Waals surface area contributed by atoms with E-state index in [0.29, 0.717) is 12.2 Å². The average Bonchev–Trinajstić information content (AvgIpc) is 2.25. The minimum absolute atomic E-state index is 0.179. The molecule has 1 aliphatic rings. The van der Waals surface area contributed by atoms with E-state index in [1.165, 1.54) is 5.56 Å². The summed E-state index contributed by atoms with van der Waals surface area (Å²) in [5.41, 5.74) is 2.39. The highest BCUT2D eigenvalue weighted by molar-refractivity contribution is 5.96. The molecular weight excluding hydrogens is 196 g/mol. The van der Waals surface area contributed by atoms with Crippen molar-refractivity contribution >= 4 is 5.78 Å². The van der Waals surface area contributed by atoms with Gasteiger partial charge in [-0.1, -0.05) is 50.3 Å². The van der Waals surface area contributed by atoms with Crippen LogP contribution in [0.2, 0.25) is 0 Å². The highest BCUT2D eigenvalue weighted by Gasteiger charge is 2.25. The molecule has 0 spiro atoms. The summed E-state index contributed by atoms with van der Waals surface area (Å²) in [6.45, 7) is 4.40. The van der Waals surface area contributed by atoms with Gasteiger partial charge in [0, 0.05) is 12.8 Å². The largest absolute Gasteiger partial charge is 0.295 e. The van der Waals surface area contributed by atoms with Crippen molar-refractivity contribution in [1.82, 2.24) is 0 Å². The Hall–Kier alpha value is -1.37. The first-order valence-electron chi connectivity index (χ1n) is 5.86. The quantitative estimate of drug-likeness (QED) is 0.736. The molecule has 16 heavy (non-hydrogen) atoms. The Morgan fingerprint density at radius 2 is 1.88 bits per heavy atom. The lowest BCUT2D eigenvalue weighted by Gasteiger charge is -2.26. The first-order chi connectivity index (χ1) is 7.57. The van der Waals surface area contributed by atoms with Gasteiger partial charge in [0.2, 0.25) is 0 Å². The molecule has 0 aliphatic heterocycles. The second-order valence-electron chi connectivity index (χ2n) is 5.24. The van der Waals surface area contributed by atoms with E-state index >= 15 is 0 Å². The molecule has 1 aromatic carbocycles. The van der Waals surface area contributed by atoms with Gasteiger partial charge in [-0.05, 0) is 23.0 Å². The van der Waals surface area contributed by atoms with Crippen LogP contribution in [-0.2, 0) is 11.2 Å².